The van der Waals surface area contributed by atoms with Gasteiger partial charge < -0.3 is 5.32 Å². The summed E-state index contributed by atoms with van der Waals surface area (Å²) in [7, 11) is 0. The van der Waals surface area contributed by atoms with E-state index in [1.807, 2.05) is 0 Å². The highest BCUT2D eigenvalue weighted by atomic mass is 19.4. The molecule has 0 aromatic heterocycles. The van der Waals surface area contributed by atoms with Crippen molar-refractivity contribution in [1.29, 1.82) is 0 Å². The van der Waals surface area contributed by atoms with E-state index in [0.717, 1.165) is 0 Å². The molecule has 1 N–H and O–H groups in total. The van der Waals surface area contributed by atoms with E-state index in [9.17, 15) is 27.2 Å². The highest BCUT2D eigenvalue weighted by Gasteiger charge is 2.32. The van der Waals surface area contributed by atoms with Crippen molar-refractivity contribution in [3.8, 4) is 0 Å². The number of rotatable bonds is 4. The number of Topliss-reactive ketones (excluding diaryl/α,β-unsaturated/α-hetero) is 1. The van der Waals surface area contributed by atoms with Gasteiger partial charge in [0.2, 0.25) is 6.41 Å². The van der Waals surface area contributed by atoms with Crippen molar-refractivity contribution in [3.63, 3.8) is 0 Å². The molecule has 98 valence electrons. The van der Waals surface area contributed by atoms with Gasteiger partial charge in [0, 0.05) is 5.56 Å². The normalized spacial score (nSPS) is 12.9. The van der Waals surface area contributed by atoms with Gasteiger partial charge in [0.05, 0.1) is 11.6 Å². The molecule has 0 heterocycles. The van der Waals surface area contributed by atoms with Crippen LogP contribution in [0.15, 0.2) is 18.2 Å². The van der Waals surface area contributed by atoms with E-state index in [1.165, 1.54) is 6.92 Å². The fourth-order valence-corrected chi connectivity index (χ4v) is 1.32. The smallest absolute Gasteiger partial charge is 0.349 e. The van der Waals surface area contributed by atoms with Crippen LogP contribution in [-0.4, -0.2) is 18.2 Å². The number of amides is 1. The van der Waals surface area contributed by atoms with Gasteiger partial charge >= 0.3 is 6.18 Å². The lowest BCUT2D eigenvalue weighted by atomic mass is 10.0. The Balaban J connectivity index is 3.14. The molecule has 0 aliphatic rings. The molecule has 0 spiro atoms. The number of nitrogens with one attached hydrogen (secondary N) is 1. The van der Waals surface area contributed by atoms with Crippen LogP contribution in [0, 0.1) is 5.82 Å². The second-order valence-electron chi connectivity index (χ2n) is 3.60. The van der Waals surface area contributed by atoms with E-state index in [-0.39, 0.29) is 6.41 Å². The van der Waals surface area contributed by atoms with Gasteiger partial charge in [-0.1, -0.05) is 0 Å². The average molecular weight is 263 g/mol. The second-order valence-corrected chi connectivity index (χ2v) is 3.60. The third-order valence-corrected chi connectivity index (χ3v) is 2.22. The first kappa shape index (κ1) is 14.1. The van der Waals surface area contributed by atoms with Crippen LogP contribution >= 0.6 is 0 Å². The van der Waals surface area contributed by atoms with E-state index < -0.39 is 34.9 Å². The predicted molar refractivity (Wildman–Crippen MR) is 54.4 cm³/mol. The molecule has 0 saturated heterocycles. The first-order valence-corrected chi connectivity index (χ1v) is 4.87. The first-order chi connectivity index (χ1) is 8.25. The summed E-state index contributed by atoms with van der Waals surface area (Å²) in [5, 5.41) is 2.09. The Bertz CT molecular complexity index is 471. The standard InChI is InChI=1S/C11H9F4NO2/c1-6(16-5-17)10(18)7-2-8(11(13,14)15)4-9(12)3-7/h2-6H,1H3,(H,16,17)/t6-/m0/s1. The molecule has 1 aromatic carbocycles. The molecule has 1 rings (SSSR count). The van der Waals surface area contributed by atoms with Crippen molar-refractivity contribution in [2.45, 2.75) is 19.1 Å². The minimum atomic E-state index is -4.74. The fourth-order valence-electron chi connectivity index (χ4n) is 1.32. The lowest BCUT2D eigenvalue weighted by Crippen LogP contribution is -2.33. The van der Waals surface area contributed by atoms with Gasteiger partial charge in [-0.15, -0.1) is 0 Å². The highest BCUT2D eigenvalue weighted by molar-refractivity contribution is 6.00. The number of ketones is 1. The van der Waals surface area contributed by atoms with Crippen LogP contribution < -0.4 is 5.32 Å². The summed E-state index contributed by atoms with van der Waals surface area (Å²) in [6, 6.07) is 0.522. The number of hydrogen-bond donors (Lipinski definition) is 1. The lowest BCUT2D eigenvalue weighted by molar-refractivity contribution is -0.137. The van der Waals surface area contributed by atoms with E-state index >= 15 is 0 Å². The van der Waals surface area contributed by atoms with Gasteiger partial charge in [0.25, 0.3) is 0 Å². The topological polar surface area (TPSA) is 46.2 Å². The summed E-state index contributed by atoms with van der Waals surface area (Å²) < 4.78 is 50.3. The molecule has 0 unspecified atom stereocenters. The predicted octanol–water partition coefficient (Wildman–Crippen LogP) is 2.16. The molecule has 0 bridgehead atoms. The quantitative estimate of drug-likeness (QED) is 0.514. The third-order valence-electron chi connectivity index (χ3n) is 2.22. The summed E-state index contributed by atoms with van der Waals surface area (Å²) >= 11 is 0. The maximum absolute atomic E-state index is 13.0. The summed E-state index contributed by atoms with van der Waals surface area (Å²) in [4.78, 5) is 21.7. The van der Waals surface area contributed by atoms with Crippen LogP contribution in [0.1, 0.15) is 22.8 Å². The van der Waals surface area contributed by atoms with Crippen LogP contribution in [0.25, 0.3) is 0 Å². The van der Waals surface area contributed by atoms with Crippen molar-refractivity contribution in [1.82, 2.24) is 5.32 Å². The lowest BCUT2D eigenvalue weighted by Gasteiger charge is -2.12. The number of hydrogen-bond acceptors (Lipinski definition) is 2. The second kappa shape index (κ2) is 5.16. The maximum atomic E-state index is 13.0. The number of benzene rings is 1. The zero-order valence-corrected chi connectivity index (χ0v) is 9.22. The maximum Gasteiger partial charge on any atom is 0.416 e. The van der Waals surface area contributed by atoms with Gasteiger partial charge in [-0.2, -0.15) is 13.2 Å². The average Bonchev–Trinajstić information content (AvgIpc) is 2.26. The Labute approximate surface area is 99.8 Å². The number of halogens is 4. The number of carbonyl (C=O) groups excluding carboxylic acids is 2. The van der Waals surface area contributed by atoms with E-state index in [0.29, 0.717) is 18.2 Å². The Morgan fingerprint density at radius 2 is 1.94 bits per heavy atom. The third kappa shape index (κ3) is 3.28. The van der Waals surface area contributed by atoms with Gasteiger partial charge in [-0.3, -0.25) is 9.59 Å². The minimum absolute atomic E-state index is 0.243. The molecule has 1 atom stereocenters. The molecule has 3 nitrogen and oxygen atoms in total. The summed E-state index contributed by atoms with van der Waals surface area (Å²) in [5.41, 5.74) is -1.69. The number of alkyl halides is 3. The van der Waals surface area contributed by atoms with Crippen LogP contribution in [-0.2, 0) is 11.0 Å². The Hall–Kier alpha value is -1.92. The van der Waals surface area contributed by atoms with E-state index in [2.05, 4.69) is 5.32 Å². The molecule has 18 heavy (non-hydrogen) atoms. The Morgan fingerprint density at radius 1 is 1.33 bits per heavy atom. The molecule has 1 aromatic rings. The molecule has 0 fully saturated rings. The summed E-state index contributed by atoms with van der Waals surface area (Å²) in [6.45, 7) is 1.29. The van der Waals surface area contributed by atoms with Crippen LogP contribution in [0.4, 0.5) is 17.6 Å². The zero-order chi connectivity index (χ0) is 13.9. The van der Waals surface area contributed by atoms with Crippen LogP contribution in [0.2, 0.25) is 0 Å². The SMILES string of the molecule is C[C@H](NC=O)C(=O)c1cc(F)cc(C(F)(F)F)c1. The van der Waals surface area contributed by atoms with Crippen LogP contribution in [0.5, 0.6) is 0 Å². The van der Waals surface area contributed by atoms with Crippen molar-refractivity contribution in [2.75, 3.05) is 0 Å². The van der Waals surface area contributed by atoms with Crippen molar-refractivity contribution >= 4 is 12.2 Å². The largest absolute Gasteiger partial charge is 0.416 e. The molecular weight excluding hydrogens is 254 g/mol. The number of carbonyl (C=O) groups is 2. The van der Waals surface area contributed by atoms with E-state index in [4.69, 9.17) is 0 Å². The monoisotopic (exact) mass is 263 g/mol. The van der Waals surface area contributed by atoms with Gasteiger partial charge in [0.15, 0.2) is 5.78 Å². The molecular formula is C11H9F4NO2. The van der Waals surface area contributed by atoms with Crippen molar-refractivity contribution < 1.29 is 27.2 Å². The van der Waals surface area contributed by atoms with Gasteiger partial charge in [-0.25, -0.2) is 4.39 Å². The van der Waals surface area contributed by atoms with Gasteiger partial charge in [-0.05, 0) is 25.1 Å². The molecule has 0 saturated carbocycles. The van der Waals surface area contributed by atoms with Crippen LogP contribution in [0.3, 0.4) is 0 Å². The molecule has 0 aliphatic carbocycles. The molecule has 0 radical (unpaired) electrons. The molecule has 0 aliphatic heterocycles. The van der Waals surface area contributed by atoms with Gasteiger partial charge in [0.1, 0.15) is 5.82 Å². The zero-order valence-electron chi connectivity index (χ0n) is 9.22. The molecule has 7 heteroatoms. The Kier molecular flexibility index (Phi) is 4.05. The minimum Gasteiger partial charge on any atom is -0.349 e. The first-order valence-electron chi connectivity index (χ1n) is 4.87. The summed E-state index contributed by atoms with van der Waals surface area (Å²) in [5.74, 6) is -1.96. The van der Waals surface area contributed by atoms with E-state index in [1.54, 1.807) is 0 Å². The van der Waals surface area contributed by atoms with Crippen molar-refractivity contribution in [2.24, 2.45) is 0 Å². The van der Waals surface area contributed by atoms with Crippen molar-refractivity contribution in [3.05, 3.63) is 35.1 Å². The fraction of sp³-hybridized carbons (Fsp3) is 0.273. The Morgan fingerprint density at radius 3 is 2.44 bits per heavy atom. The highest BCUT2D eigenvalue weighted by Crippen LogP contribution is 2.30. The summed E-state index contributed by atoms with van der Waals surface area (Å²) in [6.07, 6.45) is -4.50. The molecule has 1 amide bonds.